The van der Waals surface area contributed by atoms with Crippen LogP contribution in [0.3, 0.4) is 0 Å². The summed E-state index contributed by atoms with van der Waals surface area (Å²) in [5, 5.41) is 16.1. The number of amides is 5. The van der Waals surface area contributed by atoms with Crippen LogP contribution in [-0.4, -0.2) is 35.3 Å². The summed E-state index contributed by atoms with van der Waals surface area (Å²) in [7, 11) is 0. The van der Waals surface area contributed by atoms with Gasteiger partial charge in [-0.05, 0) is 67.4 Å². The van der Waals surface area contributed by atoms with Crippen molar-refractivity contribution in [3.63, 3.8) is 0 Å². The first kappa shape index (κ1) is 27.0. The van der Waals surface area contributed by atoms with Gasteiger partial charge in [0.25, 0.3) is 23.4 Å². The summed E-state index contributed by atoms with van der Waals surface area (Å²) in [4.78, 5) is 61.8. The number of imide groups is 2. The number of rotatable bonds is 7. The van der Waals surface area contributed by atoms with Crippen LogP contribution in [0.2, 0.25) is 5.02 Å². The molecular weight excluding hydrogens is 528 g/mol. The van der Waals surface area contributed by atoms with Crippen LogP contribution in [0.15, 0.2) is 66.2 Å². The first-order chi connectivity index (χ1) is 18.5. The molecule has 0 unspecified atom stereocenters. The second kappa shape index (κ2) is 11.2. The number of halogens is 1. The molecule has 1 saturated heterocycles. The maximum absolute atomic E-state index is 13.2. The average Bonchev–Trinajstić information content (AvgIpc) is 2.89. The number of ether oxygens (including phenoxy) is 1. The number of benzene rings is 3. The van der Waals surface area contributed by atoms with Crippen LogP contribution >= 0.6 is 11.6 Å². The predicted octanol–water partition coefficient (Wildman–Crippen LogP) is 4.55. The van der Waals surface area contributed by atoms with Gasteiger partial charge < -0.3 is 10.1 Å². The fourth-order valence-corrected chi connectivity index (χ4v) is 3.93. The lowest BCUT2D eigenvalue weighted by Crippen LogP contribution is -2.54. The Balaban J connectivity index is 1.58. The summed E-state index contributed by atoms with van der Waals surface area (Å²) in [6.07, 6.45) is 1.19. The maximum Gasteiger partial charge on any atom is 0.335 e. The highest BCUT2D eigenvalue weighted by atomic mass is 35.5. The summed E-state index contributed by atoms with van der Waals surface area (Å²) < 4.78 is 5.67. The number of non-ortho nitro benzene ring substituents is 1. The highest BCUT2D eigenvalue weighted by molar-refractivity contribution is 6.39. The van der Waals surface area contributed by atoms with Crippen LogP contribution in [0, 0.1) is 24.0 Å². The fourth-order valence-electron chi connectivity index (χ4n) is 3.75. The van der Waals surface area contributed by atoms with Crippen LogP contribution in [0.5, 0.6) is 5.75 Å². The molecule has 12 heteroatoms. The molecule has 3 aromatic carbocycles. The third-order valence-corrected chi connectivity index (χ3v) is 6.16. The molecule has 0 aliphatic carbocycles. The molecule has 0 radical (unpaired) electrons. The molecule has 4 rings (SSSR count). The van der Waals surface area contributed by atoms with Gasteiger partial charge in [0.15, 0.2) is 6.61 Å². The number of urea groups is 1. The van der Waals surface area contributed by atoms with E-state index in [2.05, 4.69) is 10.6 Å². The van der Waals surface area contributed by atoms with Crippen LogP contribution < -0.4 is 20.3 Å². The Morgan fingerprint density at radius 1 is 1.10 bits per heavy atom. The average molecular weight is 549 g/mol. The van der Waals surface area contributed by atoms with E-state index in [1.165, 1.54) is 36.4 Å². The zero-order valence-electron chi connectivity index (χ0n) is 20.7. The number of nitro benzene ring substituents is 1. The number of nitro groups is 1. The Hall–Kier alpha value is -5.03. The molecule has 3 aromatic rings. The highest BCUT2D eigenvalue weighted by Crippen LogP contribution is 2.29. The van der Waals surface area contributed by atoms with Crippen molar-refractivity contribution >= 4 is 58.5 Å². The van der Waals surface area contributed by atoms with Gasteiger partial charge in [-0.1, -0.05) is 23.7 Å². The molecule has 0 saturated carbocycles. The molecule has 2 N–H and O–H groups in total. The summed E-state index contributed by atoms with van der Waals surface area (Å²) >= 11 is 6.13. The molecule has 1 aliphatic heterocycles. The fraction of sp³-hybridized carbons (Fsp3) is 0.111. The molecular formula is C27H21ClN4O7. The molecule has 0 spiro atoms. The van der Waals surface area contributed by atoms with Crippen molar-refractivity contribution in [2.24, 2.45) is 0 Å². The molecule has 1 fully saturated rings. The first-order valence-corrected chi connectivity index (χ1v) is 11.9. The lowest BCUT2D eigenvalue weighted by Gasteiger charge is -2.26. The van der Waals surface area contributed by atoms with E-state index in [9.17, 15) is 29.3 Å². The van der Waals surface area contributed by atoms with Crippen molar-refractivity contribution in [1.82, 2.24) is 5.32 Å². The third-order valence-electron chi connectivity index (χ3n) is 5.93. The van der Waals surface area contributed by atoms with E-state index in [-0.39, 0.29) is 34.3 Å². The second-order valence-corrected chi connectivity index (χ2v) is 8.93. The third kappa shape index (κ3) is 5.94. The zero-order valence-corrected chi connectivity index (χ0v) is 21.4. The van der Waals surface area contributed by atoms with Crippen molar-refractivity contribution in [3.8, 4) is 5.75 Å². The number of hydrogen-bond acceptors (Lipinski definition) is 7. The van der Waals surface area contributed by atoms with Crippen molar-refractivity contribution in [3.05, 3.63) is 98.1 Å². The summed E-state index contributed by atoms with van der Waals surface area (Å²) in [5.41, 5.74) is 2.14. The van der Waals surface area contributed by atoms with Crippen molar-refractivity contribution < 1.29 is 28.8 Å². The van der Waals surface area contributed by atoms with Gasteiger partial charge in [-0.2, -0.15) is 0 Å². The van der Waals surface area contributed by atoms with E-state index in [0.29, 0.717) is 10.6 Å². The van der Waals surface area contributed by atoms with Crippen molar-refractivity contribution in [2.45, 2.75) is 13.8 Å². The Morgan fingerprint density at radius 3 is 2.51 bits per heavy atom. The summed E-state index contributed by atoms with van der Waals surface area (Å²) in [6, 6.07) is 13.6. The molecule has 1 aliphatic rings. The molecule has 0 bridgehead atoms. The molecule has 11 nitrogen and oxygen atoms in total. The minimum Gasteiger partial charge on any atom is -0.483 e. The predicted molar refractivity (Wildman–Crippen MR) is 144 cm³/mol. The van der Waals surface area contributed by atoms with Gasteiger partial charge in [0, 0.05) is 28.4 Å². The Labute approximate surface area is 227 Å². The van der Waals surface area contributed by atoms with Crippen LogP contribution in [-0.2, 0) is 14.4 Å². The molecule has 198 valence electrons. The molecule has 39 heavy (non-hydrogen) atoms. The SMILES string of the molecule is Cc1cccc(NC(=O)COc2ccc(Cl)cc2/C=C2/C(=O)NC(=O)N(c3ccc([N+](=O)[O-])cc3)C2=O)c1C. The van der Waals surface area contributed by atoms with Crippen LogP contribution in [0.25, 0.3) is 6.08 Å². The second-order valence-electron chi connectivity index (χ2n) is 8.50. The number of anilines is 2. The maximum atomic E-state index is 13.2. The van der Waals surface area contributed by atoms with Gasteiger partial charge in [-0.3, -0.25) is 29.8 Å². The zero-order chi connectivity index (χ0) is 28.3. The minimum atomic E-state index is -1.01. The highest BCUT2D eigenvalue weighted by Gasteiger charge is 2.37. The molecule has 0 aromatic heterocycles. The Bertz CT molecular complexity index is 1550. The van der Waals surface area contributed by atoms with E-state index in [4.69, 9.17) is 16.3 Å². The molecule has 1 heterocycles. The number of nitrogens with zero attached hydrogens (tertiary/aromatic N) is 2. The van der Waals surface area contributed by atoms with Gasteiger partial charge in [-0.15, -0.1) is 0 Å². The van der Waals surface area contributed by atoms with Crippen molar-refractivity contribution in [2.75, 3.05) is 16.8 Å². The van der Waals surface area contributed by atoms with Gasteiger partial charge in [0.1, 0.15) is 11.3 Å². The van der Waals surface area contributed by atoms with E-state index in [0.717, 1.165) is 23.3 Å². The Morgan fingerprint density at radius 2 is 1.82 bits per heavy atom. The number of aryl methyl sites for hydroxylation is 1. The molecule has 5 amide bonds. The lowest BCUT2D eigenvalue weighted by atomic mass is 10.1. The van der Waals surface area contributed by atoms with E-state index in [1.807, 2.05) is 26.0 Å². The van der Waals surface area contributed by atoms with Gasteiger partial charge in [0.2, 0.25) is 0 Å². The van der Waals surface area contributed by atoms with Gasteiger partial charge >= 0.3 is 6.03 Å². The van der Waals surface area contributed by atoms with E-state index < -0.39 is 34.2 Å². The quantitative estimate of drug-likeness (QED) is 0.190. The van der Waals surface area contributed by atoms with Crippen LogP contribution in [0.1, 0.15) is 16.7 Å². The standard InChI is InChI=1S/C27H21ClN4O7/c1-15-4-3-5-22(16(15)2)29-24(33)14-39-23-11-6-18(28)12-17(23)13-21-25(34)30-27(36)31(26(21)35)19-7-9-20(10-8-19)32(37)38/h3-13H,14H2,1-2H3,(H,29,33)(H,30,34,36)/b21-13-. The molecule has 0 atom stereocenters. The smallest absolute Gasteiger partial charge is 0.335 e. The monoisotopic (exact) mass is 548 g/mol. The number of barbiturate groups is 1. The normalized spacial score (nSPS) is 14.3. The Kier molecular flexibility index (Phi) is 7.73. The summed E-state index contributed by atoms with van der Waals surface area (Å²) in [6.45, 7) is 3.43. The van der Waals surface area contributed by atoms with Gasteiger partial charge in [0.05, 0.1) is 10.6 Å². The minimum absolute atomic E-state index is 0.0205. The topological polar surface area (TPSA) is 148 Å². The number of nitrogens with one attached hydrogen (secondary N) is 2. The summed E-state index contributed by atoms with van der Waals surface area (Å²) in [5.74, 6) is -2.20. The number of carbonyl (C=O) groups excluding carboxylic acids is 4. The number of carbonyl (C=O) groups is 4. The number of hydrogen-bond donors (Lipinski definition) is 2. The lowest BCUT2D eigenvalue weighted by molar-refractivity contribution is -0.384. The first-order valence-electron chi connectivity index (χ1n) is 11.5. The van der Waals surface area contributed by atoms with E-state index in [1.54, 1.807) is 6.07 Å². The van der Waals surface area contributed by atoms with Gasteiger partial charge in [-0.25, -0.2) is 9.69 Å². The van der Waals surface area contributed by atoms with Crippen molar-refractivity contribution in [1.29, 1.82) is 0 Å². The van der Waals surface area contributed by atoms with E-state index >= 15 is 0 Å². The largest absolute Gasteiger partial charge is 0.483 e. The van der Waals surface area contributed by atoms with Crippen LogP contribution in [0.4, 0.5) is 21.9 Å².